The molecule has 4 rings (SSSR count). The molecule has 1 aliphatic rings. The lowest BCUT2D eigenvalue weighted by Gasteiger charge is -2.37. The van der Waals surface area contributed by atoms with E-state index in [1.165, 1.54) is 0 Å². The number of rotatable bonds is 7. The Morgan fingerprint density at radius 2 is 1.91 bits per heavy atom. The van der Waals surface area contributed by atoms with E-state index in [0.717, 1.165) is 22.4 Å². The molecule has 1 atom stereocenters. The minimum absolute atomic E-state index is 0.0561. The Kier molecular flexibility index (Phi) is 7.53. The molecule has 1 amide bonds. The number of carbonyl (C=O) groups excluding carboxylic acids is 1. The summed E-state index contributed by atoms with van der Waals surface area (Å²) in [5.41, 5.74) is 2.04. The standard InChI is InChI=1S/C26H26Cl2N2O3/c1-18(20-4-7-22(8-5-20)33-17-19-3-2-12-29-16-19)30-25(31)26(10-13-32-14-11-26)23-9-6-21(27)15-24(23)28/h2-9,12,15-16,18H,10-11,13-14,17H2,1H3,(H,30,31). The molecule has 2 aromatic carbocycles. The summed E-state index contributed by atoms with van der Waals surface area (Å²) >= 11 is 12.6. The lowest BCUT2D eigenvalue weighted by atomic mass is 9.73. The summed E-state index contributed by atoms with van der Waals surface area (Å²) in [6, 6.07) is 16.8. The molecule has 172 valence electrons. The van der Waals surface area contributed by atoms with Crippen molar-refractivity contribution in [2.24, 2.45) is 0 Å². The third-order valence-corrected chi connectivity index (χ3v) is 6.63. The molecule has 5 nitrogen and oxygen atoms in total. The predicted octanol–water partition coefficient (Wildman–Crippen LogP) is 5.89. The minimum atomic E-state index is -0.749. The number of carbonyl (C=O) groups is 1. The van der Waals surface area contributed by atoms with Gasteiger partial charge in [0, 0.05) is 41.2 Å². The van der Waals surface area contributed by atoms with E-state index in [4.69, 9.17) is 32.7 Å². The van der Waals surface area contributed by atoms with Crippen molar-refractivity contribution < 1.29 is 14.3 Å². The van der Waals surface area contributed by atoms with Crippen molar-refractivity contribution >= 4 is 29.1 Å². The van der Waals surface area contributed by atoms with Crippen LogP contribution in [0.15, 0.2) is 67.0 Å². The zero-order valence-corrected chi connectivity index (χ0v) is 19.9. The van der Waals surface area contributed by atoms with Gasteiger partial charge in [0.15, 0.2) is 0 Å². The first-order valence-corrected chi connectivity index (χ1v) is 11.7. The number of amides is 1. The molecule has 0 bridgehead atoms. The Labute approximate surface area is 204 Å². The van der Waals surface area contributed by atoms with Crippen molar-refractivity contribution in [1.29, 1.82) is 0 Å². The van der Waals surface area contributed by atoms with E-state index >= 15 is 0 Å². The van der Waals surface area contributed by atoms with Crippen LogP contribution in [0.4, 0.5) is 0 Å². The number of pyridine rings is 1. The monoisotopic (exact) mass is 484 g/mol. The molecule has 0 saturated carbocycles. The normalized spacial score (nSPS) is 16.1. The molecule has 7 heteroatoms. The SMILES string of the molecule is CC(NC(=O)C1(c2ccc(Cl)cc2Cl)CCOCC1)c1ccc(OCc2cccnc2)cc1. The first-order chi connectivity index (χ1) is 16.0. The van der Waals surface area contributed by atoms with E-state index in [9.17, 15) is 4.79 Å². The Hall–Kier alpha value is -2.60. The second kappa shape index (κ2) is 10.6. The van der Waals surface area contributed by atoms with E-state index in [1.54, 1.807) is 24.5 Å². The van der Waals surface area contributed by atoms with Gasteiger partial charge in [0.05, 0.1) is 11.5 Å². The van der Waals surface area contributed by atoms with Gasteiger partial charge in [-0.15, -0.1) is 0 Å². The molecule has 3 aromatic rings. The molecule has 0 spiro atoms. The molecule has 1 aliphatic heterocycles. The smallest absolute Gasteiger partial charge is 0.231 e. The first kappa shape index (κ1) is 23.6. The fourth-order valence-corrected chi connectivity index (χ4v) is 4.73. The van der Waals surface area contributed by atoms with Crippen LogP contribution in [0.2, 0.25) is 10.0 Å². The third-order valence-electron chi connectivity index (χ3n) is 6.08. The first-order valence-electron chi connectivity index (χ1n) is 10.9. The lowest BCUT2D eigenvalue weighted by molar-refractivity contribution is -0.131. The Morgan fingerprint density at radius 3 is 2.58 bits per heavy atom. The van der Waals surface area contributed by atoms with Crippen LogP contribution in [0, 0.1) is 0 Å². The highest BCUT2D eigenvalue weighted by Gasteiger charge is 2.43. The summed E-state index contributed by atoms with van der Waals surface area (Å²) in [4.78, 5) is 17.7. The topological polar surface area (TPSA) is 60.5 Å². The van der Waals surface area contributed by atoms with Gasteiger partial charge in [0.25, 0.3) is 0 Å². The number of hydrogen-bond donors (Lipinski definition) is 1. The quantitative estimate of drug-likeness (QED) is 0.453. The van der Waals surface area contributed by atoms with Crippen LogP contribution in [0.1, 0.15) is 42.5 Å². The highest BCUT2D eigenvalue weighted by molar-refractivity contribution is 6.35. The highest BCUT2D eigenvalue weighted by atomic mass is 35.5. The maximum Gasteiger partial charge on any atom is 0.231 e. The highest BCUT2D eigenvalue weighted by Crippen LogP contribution is 2.40. The van der Waals surface area contributed by atoms with E-state index in [0.29, 0.717) is 42.7 Å². The fourth-order valence-electron chi connectivity index (χ4n) is 4.14. The van der Waals surface area contributed by atoms with E-state index in [1.807, 2.05) is 49.4 Å². The second-order valence-electron chi connectivity index (χ2n) is 8.23. The Bertz CT molecular complexity index is 1080. The van der Waals surface area contributed by atoms with Crippen LogP contribution in [-0.4, -0.2) is 24.1 Å². The van der Waals surface area contributed by atoms with Crippen LogP contribution in [0.25, 0.3) is 0 Å². The van der Waals surface area contributed by atoms with E-state index in [2.05, 4.69) is 10.3 Å². The van der Waals surface area contributed by atoms with Gasteiger partial charge in [0.2, 0.25) is 5.91 Å². The maximum atomic E-state index is 13.6. The number of halogens is 2. The van der Waals surface area contributed by atoms with Crippen LogP contribution in [0.3, 0.4) is 0 Å². The van der Waals surface area contributed by atoms with Gasteiger partial charge < -0.3 is 14.8 Å². The van der Waals surface area contributed by atoms with Crippen LogP contribution < -0.4 is 10.1 Å². The molecule has 33 heavy (non-hydrogen) atoms. The number of nitrogens with one attached hydrogen (secondary N) is 1. The van der Waals surface area contributed by atoms with Gasteiger partial charge in [-0.2, -0.15) is 0 Å². The minimum Gasteiger partial charge on any atom is -0.489 e. The third kappa shape index (κ3) is 5.49. The molecule has 0 radical (unpaired) electrons. The van der Waals surface area contributed by atoms with Gasteiger partial charge in [-0.05, 0) is 61.2 Å². The van der Waals surface area contributed by atoms with Crippen molar-refractivity contribution in [3.8, 4) is 5.75 Å². The summed E-state index contributed by atoms with van der Waals surface area (Å²) in [5, 5.41) is 4.24. The zero-order valence-electron chi connectivity index (χ0n) is 18.4. The summed E-state index contributed by atoms with van der Waals surface area (Å²) in [5.74, 6) is 0.703. The van der Waals surface area contributed by atoms with Crippen molar-refractivity contribution in [2.75, 3.05) is 13.2 Å². The van der Waals surface area contributed by atoms with Gasteiger partial charge >= 0.3 is 0 Å². The average Bonchev–Trinajstić information content (AvgIpc) is 2.84. The molecule has 1 N–H and O–H groups in total. The summed E-state index contributed by atoms with van der Waals surface area (Å²) in [6.45, 7) is 3.43. The molecular formula is C26H26Cl2N2O3. The van der Waals surface area contributed by atoms with Crippen molar-refractivity contribution in [1.82, 2.24) is 10.3 Å². The molecule has 0 aliphatic carbocycles. The van der Waals surface area contributed by atoms with Crippen molar-refractivity contribution in [3.63, 3.8) is 0 Å². The maximum absolute atomic E-state index is 13.6. The second-order valence-corrected chi connectivity index (χ2v) is 9.08. The number of benzene rings is 2. The number of ether oxygens (including phenoxy) is 2. The summed E-state index contributed by atoms with van der Waals surface area (Å²) in [7, 11) is 0. The summed E-state index contributed by atoms with van der Waals surface area (Å²) < 4.78 is 11.4. The van der Waals surface area contributed by atoms with Gasteiger partial charge in [0.1, 0.15) is 12.4 Å². The van der Waals surface area contributed by atoms with Crippen LogP contribution >= 0.6 is 23.2 Å². The largest absolute Gasteiger partial charge is 0.489 e. The Morgan fingerprint density at radius 1 is 1.15 bits per heavy atom. The van der Waals surface area contributed by atoms with Crippen LogP contribution in [-0.2, 0) is 21.6 Å². The fraction of sp³-hybridized carbons (Fsp3) is 0.308. The molecule has 2 heterocycles. The molecule has 1 aromatic heterocycles. The molecule has 1 fully saturated rings. The van der Waals surface area contributed by atoms with Crippen LogP contribution in [0.5, 0.6) is 5.75 Å². The Balaban J connectivity index is 1.46. The number of hydrogen-bond acceptors (Lipinski definition) is 4. The zero-order chi connectivity index (χ0) is 23.3. The molecule has 1 unspecified atom stereocenters. The number of aromatic nitrogens is 1. The van der Waals surface area contributed by atoms with Crippen molar-refractivity contribution in [2.45, 2.75) is 37.8 Å². The van der Waals surface area contributed by atoms with Gasteiger partial charge in [-0.25, -0.2) is 0 Å². The van der Waals surface area contributed by atoms with E-state index < -0.39 is 5.41 Å². The summed E-state index contributed by atoms with van der Waals surface area (Å²) in [6.07, 6.45) is 4.65. The van der Waals surface area contributed by atoms with E-state index in [-0.39, 0.29) is 11.9 Å². The number of nitrogens with zero attached hydrogens (tertiary/aromatic N) is 1. The molecular weight excluding hydrogens is 459 g/mol. The predicted molar refractivity (Wildman–Crippen MR) is 130 cm³/mol. The molecule has 1 saturated heterocycles. The lowest BCUT2D eigenvalue weighted by Crippen LogP contribution is -2.48. The van der Waals surface area contributed by atoms with Gasteiger partial charge in [-0.3, -0.25) is 9.78 Å². The van der Waals surface area contributed by atoms with Crippen molar-refractivity contribution in [3.05, 3.63) is 93.7 Å². The average molecular weight is 485 g/mol. The van der Waals surface area contributed by atoms with Gasteiger partial charge in [-0.1, -0.05) is 47.5 Å².